The molecule has 0 aliphatic carbocycles. The molecule has 3 aromatic rings. The van der Waals surface area contributed by atoms with Gasteiger partial charge in [0.15, 0.2) is 0 Å². The Morgan fingerprint density at radius 3 is 2.27 bits per heavy atom. The van der Waals surface area contributed by atoms with Crippen LogP contribution in [0.4, 0.5) is 5.69 Å². The third-order valence-corrected chi connectivity index (χ3v) is 8.10. The van der Waals surface area contributed by atoms with Gasteiger partial charge < -0.3 is 10.2 Å². The minimum Gasteiger partial charge on any atom is -0.355 e. The lowest BCUT2D eigenvalue weighted by Crippen LogP contribution is -2.51. The molecule has 0 spiro atoms. The Bertz CT molecular complexity index is 1360. The average molecular weight is 563 g/mol. The summed E-state index contributed by atoms with van der Waals surface area (Å²) in [6.45, 7) is 5.10. The smallest absolute Gasteiger partial charge is 0.264 e. The van der Waals surface area contributed by atoms with Crippen LogP contribution in [0.25, 0.3) is 0 Å². The first-order chi connectivity index (χ1) is 17.5. The van der Waals surface area contributed by atoms with E-state index in [1.54, 1.807) is 68.4 Å². The SMILES string of the molecule is CCNC(=O)C(C)N(Cc1cccc(Cl)c1)C(=O)CN(c1ccccc1Cl)S(=O)(=O)c1ccc(C)cc1. The van der Waals surface area contributed by atoms with Gasteiger partial charge in [-0.3, -0.25) is 13.9 Å². The Hall–Kier alpha value is -3.07. The van der Waals surface area contributed by atoms with Crippen molar-refractivity contribution >= 4 is 50.7 Å². The molecule has 0 fully saturated rings. The maximum atomic E-state index is 13.8. The minimum absolute atomic E-state index is 0.0176. The predicted molar refractivity (Wildman–Crippen MR) is 147 cm³/mol. The lowest BCUT2D eigenvalue weighted by atomic mass is 10.1. The van der Waals surface area contributed by atoms with Gasteiger partial charge in [-0.1, -0.05) is 65.2 Å². The van der Waals surface area contributed by atoms with Crippen molar-refractivity contribution in [1.29, 1.82) is 0 Å². The van der Waals surface area contributed by atoms with E-state index in [2.05, 4.69) is 5.32 Å². The van der Waals surface area contributed by atoms with Crippen molar-refractivity contribution in [2.75, 3.05) is 17.4 Å². The van der Waals surface area contributed by atoms with Crippen LogP contribution in [0, 0.1) is 6.92 Å². The van der Waals surface area contributed by atoms with E-state index >= 15 is 0 Å². The van der Waals surface area contributed by atoms with Crippen LogP contribution >= 0.6 is 23.2 Å². The summed E-state index contributed by atoms with van der Waals surface area (Å²) >= 11 is 12.5. The topological polar surface area (TPSA) is 86.8 Å². The number of hydrogen-bond acceptors (Lipinski definition) is 4. The second kappa shape index (κ2) is 12.4. The molecule has 0 heterocycles. The van der Waals surface area contributed by atoms with Crippen molar-refractivity contribution in [2.24, 2.45) is 0 Å². The molecule has 1 unspecified atom stereocenters. The Kier molecular flexibility index (Phi) is 9.59. The number of benzene rings is 3. The van der Waals surface area contributed by atoms with Crippen LogP contribution in [0.5, 0.6) is 0 Å². The number of halogens is 2. The van der Waals surface area contributed by atoms with Crippen LogP contribution in [-0.2, 0) is 26.2 Å². The van der Waals surface area contributed by atoms with E-state index in [0.717, 1.165) is 9.87 Å². The molecule has 0 aliphatic heterocycles. The molecule has 0 saturated heterocycles. The van der Waals surface area contributed by atoms with Gasteiger partial charge in [-0.15, -0.1) is 0 Å². The normalized spacial score (nSPS) is 12.0. The van der Waals surface area contributed by atoms with Crippen molar-refractivity contribution < 1.29 is 18.0 Å². The molecular formula is C27H29Cl2N3O4S. The number of likely N-dealkylation sites (N-methyl/N-ethyl adjacent to an activating group) is 1. The van der Waals surface area contributed by atoms with Gasteiger partial charge in [0.25, 0.3) is 10.0 Å². The van der Waals surface area contributed by atoms with Crippen LogP contribution in [0.3, 0.4) is 0 Å². The van der Waals surface area contributed by atoms with Crippen molar-refractivity contribution in [3.05, 3.63) is 94.0 Å². The summed E-state index contributed by atoms with van der Waals surface area (Å²) < 4.78 is 28.5. The molecule has 0 aliphatic rings. The van der Waals surface area contributed by atoms with Gasteiger partial charge in [0.1, 0.15) is 12.6 Å². The fourth-order valence-corrected chi connectivity index (χ4v) is 5.68. The summed E-state index contributed by atoms with van der Waals surface area (Å²) in [5, 5.41) is 3.37. The zero-order valence-electron chi connectivity index (χ0n) is 20.8. The first kappa shape index (κ1) is 28.5. The van der Waals surface area contributed by atoms with E-state index < -0.39 is 28.5 Å². The Morgan fingerprint density at radius 1 is 0.973 bits per heavy atom. The molecule has 7 nitrogen and oxygen atoms in total. The number of hydrogen-bond donors (Lipinski definition) is 1. The molecule has 10 heteroatoms. The Balaban J connectivity index is 2.04. The number of aryl methyl sites for hydroxylation is 1. The number of nitrogens with one attached hydrogen (secondary N) is 1. The largest absolute Gasteiger partial charge is 0.355 e. The number of anilines is 1. The third-order valence-electron chi connectivity index (χ3n) is 5.77. The molecule has 0 bridgehead atoms. The van der Waals surface area contributed by atoms with Gasteiger partial charge in [-0.05, 0) is 62.7 Å². The molecule has 0 saturated carbocycles. The molecule has 196 valence electrons. The number of amides is 2. The second-order valence-corrected chi connectivity index (χ2v) is 11.2. The summed E-state index contributed by atoms with van der Waals surface area (Å²) in [5.74, 6) is -0.933. The highest BCUT2D eigenvalue weighted by Gasteiger charge is 2.33. The molecule has 3 rings (SSSR count). The number of carbonyl (C=O) groups excluding carboxylic acids is 2. The van der Waals surface area contributed by atoms with E-state index in [1.165, 1.54) is 23.1 Å². The van der Waals surface area contributed by atoms with E-state index in [9.17, 15) is 18.0 Å². The van der Waals surface area contributed by atoms with Crippen LogP contribution in [-0.4, -0.2) is 44.3 Å². The number of para-hydroxylation sites is 1. The lowest BCUT2D eigenvalue weighted by Gasteiger charge is -2.32. The highest BCUT2D eigenvalue weighted by Crippen LogP contribution is 2.31. The van der Waals surface area contributed by atoms with Gasteiger partial charge >= 0.3 is 0 Å². The lowest BCUT2D eigenvalue weighted by molar-refractivity contribution is -0.139. The molecule has 37 heavy (non-hydrogen) atoms. The van der Waals surface area contributed by atoms with Crippen molar-refractivity contribution in [2.45, 2.75) is 38.3 Å². The summed E-state index contributed by atoms with van der Waals surface area (Å²) in [5.41, 5.74) is 1.75. The fraction of sp³-hybridized carbons (Fsp3) is 0.259. The minimum atomic E-state index is -4.18. The molecule has 1 N–H and O–H groups in total. The maximum Gasteiger partial charge on any atom is 0.264 e. The van der Waals surface area contributed by atoms with E-state index in [0.29, 0.717) is 17.1 Å². The second-order valence-electron chi connectivity index (χ2n) is 8.50. The molecule has 3 aromatic carbocycles. The number of carbonyl (C=O) groups is 2. The quantitative estimate of drug-likeness (QED) is 0.375. The highest BCUT2D eigenvalue weighted by molar-refractivity contribution is 7.92. The van der Waals surface area contributed by atoms with Crippen LogP contribution in [0.1, 0.15) is 25.0 Å². The van der Waals surface area contributed by atoms with Gasteiger partial charge in [0, 0.05) is 18.1 Å². The van der Waals surface area contributed by atoms with Crippen molar-refractivity contribution in [1.82, 2.24) is 10.2 Å². The zero-order valence-corrected chi connectivity index (χ0v) is 23.1. The number of nitrogens with zero attached hydrogens (tertiary/aromatic N) is 2. The third kappa shape index (κ3) is 7.03. The number of sulfonamides is 1. The van der Waals surface area contributed by atoms with E-state index in [-0.39, 0.29) is 28.1 Å². The highest BCUT2D eigenvalue weighted by atomic mass is 35.5. The monoisotopic (exact) mass is 561 g/mol. The molecular weight excluding hydrogens is 533 g/mol. The Morgan fingerprint density at radius 2 is 1.65 bits per heavy atom. The van der Waals surface area contributed by atoms with Gasteiger partial charge in [-0.25, -0.2) is 8.42 Å². The maximum absolute atomic E-state index is 13.8. The van der Waals surface area contributed by atoms with Crippen LogP contribution in [0.2, 0.25) is 10.0 Å². The first-order valence-electron chi connectivity index (χ1n) is 11.7. The van der Waals surface area contributed by atoms with Gasteiger partial charge in [-0.2, -0.15) is 0 Å². The average Bonchev–Trinajstić information content (AvgIpc) is 2.86. The first-order valence-corrected chi connectivity index (χ1v) is 13.9. The van der Waals surface area contributed by atoms with Crippen LogP contribution in [0.15, 0.2) is 77.7 Å². The van der Waals surface area contributed by atoms with E-state index in [1.807, 2.05) is 6.92 Å². The number of rotatable bonds is 10. The standard InChI is InChI=1S/C27H29Cl2N3O4S/c1-4-30-27(34)20(3)31(17-21-8-7-9-22(28)16-21)26(33)18-32(25-11-6-5-10-24(25)29)37(35,36)23-14-12-19(2)13-15-23/h5-16,20H,4,17-18H2,1-3H3,(H,30,34). The summed E-state index contributed by atoms with van der Waals surface area (Å²) in [7, 11) is -4.18. The summed E-state index contributed by atoms with van der Waals surface area (Å²) in [6, 6.07) is 18.8. The summed E-state index contributed by atoms with van der Waals surface area (Å²) in [6.07, 6.45) is 0. The zero-order chi connectivity index (χ0) is 27.2. The molecule has 0 aromatic heterocycles. The molecule has 0 radical (unpaired) electrons. The predicted octanol–water partition coefficient (Wildman–Crippen LogP) is 5.05. The van der Waals surface area contributed by atoms with E-state index in [4.69, 9.17) is 23.2 Å². The van der Waals surface area contributed by atoms with Gasteiger partial charge in [0.05, 0.1) is 15.6 Å². The summed E-state index contributed by atoms with van der Waals surface area (Å²) in [4.78, 5) is 27.9. The van der Waals surface area contributed by atoms with Crippen molar-refractivity contribution in [3.8, 4) is 0 Å². The Labute approximate surface area is 228 Å². The van der Waals surface area contributed by atoms with Crippen molar-refractivity contribution in [3.63, 3.8) is 0 Å². The van der Waals surface area contributed by atoms with Gasteiger partial charge in [0.2, 0.25) is 11.8 Å². The molecule has 1 atom stereocenters. The van der Waals surface area contributed by atoms with Crippen LogP contribution < -0.4 is 9.62 Å². The fourth-order valence-electron chi connectivity index (χ4n) is 3.74. The molecule has 2 amide bonds.